The van der Waals surface area contributed by atoms with Gasteiger partial charge >= 0.3 is 0 Å². The molecule has 6 nitrogen and oxygen atoms in total. The van der Waals surface area contributed by atoms with Gasteiger partial charge in [0.1, 0.15) is 6.07 Å². The van der Waals surface area contributed by atoms with Gasteiger partial charge in [-0.1, -0.05) is 19.1 Å². The van der Waals surface area contributed by atoms with E-state index in [1.165, 1.54) is 12.7 Å². The summed E-state index contributed by atoms with van der Waals surface area (Å²) in [7, 11) is 1.41. The summed E-state index contributed by atoms with van der Waals surface area (Å²) >= 11 is 1.82. The molecule has 0 aliphatic carbocycles. The summed E-state index contributed by atoms with van der Waals surface area (Å²) in [6.07, 6.45) is 0. The molecule has 1 aromatic carbocycles. The molecule has 2 aromatic rings. The zero-order valence-electron chi connectivity index (χ0n) is 12.3. The Labute approximate surface area is 132 Å². The minimum atomic E-state index is -0.308. The molecule has 0 spiro atoms. The van der Waals surface area contributed by atoms with Crippen LogP contribution in [0.2, 0.25) is 0 Å². The predicted molar refractivity (Wildman–Crippen MR) is 86.1 cm³/mol. The van der Waals surface area contributed by atoms with E-state index in [-0.39, 0.29) is 23.2 Å². The molecule has 7 heteroatoms. The number of rotatable bonds is 6. The number of hydrogen-bond acceptors (Lipinski definition) is 5. The summed E-state index contributed by atoms with van der Waals surface area (Å²) in [5, 5.41) is 18.1. The molecule has 0 fully saturated rings. The highest BCUT2D eigenvalue weighted by molar-refractivity contribution is 7.98. The maximum atomic E-state index is 12.2. The predicted octanol–water partition coefficient (Wildman–Crippen LogP) is 2.80. The van der Waals surface area contributed by atoms with Crippen molar-refractivity contribution >= 4 is 23.5 Å². The minimum absolute atomic E-state index is 0.157. The van der Waals surface area contributed by atoms with Crippen LogP contribution in [0.15, 0.2) is 24.3 Å². The van der Waals surface area contributed by atoms with E-state index in [4.69, 9.17) is 10.00 Å². The van der Waals surface area contributed by atoms with Crippen LogP contribution in [-0.4, -0.2) is 29.0 Å². The Morgan fingerprint density at radius 2 is 2.18 bits per heavy atom. The molecule has 0 radical (unpaired) electrons. The van der Waals surface area contributed by atoms with Gasteiger partial charge in [-0.05, 0) is 23.4 Å². The van der Waals surface area contributed by atoms with E-state index in [9.17, 15) is 4.79 Å². The number of carbonyl (C=O) groups is 1. The van der Waals surface area contributed by atoms with Crippen molar-refractivity contribution in [2.24, 2.45) is 0 Å². The molecule has 22 heavy (non-hydrogen) atoms. The topological polar surface area (TPSA) is 90.8 Å². The van der Waals surface area contributed by atoms with E-state index >= 15 is 0 Å². The van der Waals surface area contributed by atoms with E-state index in [1.54, 1.807) is 12.1 Å². The van der Waals surface area contributed by atoms with Crippen molar-refractivity contribution in [1.29, 1.82) is 5.26 Å². The van der Waals surface area contributed by atoms with Gasteiger partial charge in [0.25, 0.3) is 11.8 Å². The molecule has 0 aliphatic rings. The van der Waals surface area contributed by atoms with E-state index in [2.05, 4.69) is 22.4 Å². The Bertz CT molecular complexity index is 689. The molecule has 1 aromatic heterocycles. The molecule has 1 heterocycles. The standard InChI is InChI=1S/C15H16N4O2S/c1-3-22-9-10-4-6-11(7-5-10)14(20)17-13-12(8-16)15(21-2)19-18-13/h4-7H,3,9H2,1-2H3,(H2,17,18,19,20). The number of nitrogens with zero attached hydrogens (tertiary/aromatic N) is 2. The van der Waals surface area contributed by atoms with Crippen LogP contribution >= 0.6 is 11.8 Å². The normalized spacial score (nSPS) is 10.0. The van der Waals surface area contributed by atoms with Crippen LogP contribution < -0.4 is 10.1 Å². The van der Waals surface area contributed by atoms with Crippen LogP contribution in [0.4, 0.5) is 5.82 Å². The summed E-state index contributed by atoms with van der Waals surface area (Å²) in [6.45, 7) is 2.11. The van der Waals surface area contributed by atoms with Crippen molar-refractivity contribution in [3.05, 3.63) is 41.0 Å². The fourth-order valence-electron chi connectivity index (χ4n) is 1.83. The van der Waals surface area contributed by atoms with Gasteiger partial charge in [-0.2, -0.15) is 17.0 Å². The second-order valence-corrected chi connectivity index (χ2v) is 5.66. The Balaban J connectivity index is 2.09. The van der Waals surface area contributed by atoms with Gasteiger partial charge in [0.2, 0.25) is 0 Å². The molecular formula is C15H16N4O2S. The molecule has 0 bridgehead atoms. The van der Waals surface area contributed by atoms with Gasteiger partial charge in [-0.25, -0.2) is 0 Å². The third-order valence-electron chi connectivity index (χ3n) is 2.97. The van der Waals surface area contributed by atoms with Gasteiger partial charge in [-0.15, -0.1) is 5.10 Å². The van der Waals surface area contributed by atoms with Gasteiger partial charge in [0, 0.05) is 11.3 Å². The highest BCUT2D eigenvalue weighted by atomic mass is 32.2. The Hall–Kier alpha value is -2.46. The van der Waals surface area contributed by atoms with Crippen LogP contribution in [0.5, 0.6) is 5.88 Å². The number of nitrogens with one attached hydrogen (secondary N) is 2. The Morgan fingerprint density at radius 3 is 2.77 bits per heavy atom. The lowest BCUT2D eigenvalue weighted by molar-refractivity contribution is 0.102. The number of thioether (sulfide) groups is 1. The summed E-state index contributed by atoms with van der Waals surface area (Å²) in [6, 6.07) is 9.33. The first kappa shape index (κ1) is 15.9. The highest BCUT2D eigenvalue weighted by Gasteiger charge is 2.16. The number of H-pyrrole nitrogens is 1. The van der Waals surface area contributed by atoms with E-state index in [1.807, 2.05) is 30.0 Å². The quantitative estimate of drug-likeness (QED) is 0.855. The molecular weight excluding hydrogens is 300 g/mol. The van der Waals surface area contributed by atoms with Gasteiger partial charge < -0.3 is 10.1 Å². The number of benzene rings is 1. The SMILES string of the molecule is CCSCc1ccc(C(=O)Nc2[nH]nc(OC)c2C#N)cc1. The first-order valence-electron chi connectivity index (χ1n) is 6.70. The fraction of sp³-hybridized carbons (Fsp3) is 0.267. The fourth-order valence-corrected chi connectivity index (χ4v) is 2.46. The second-order valence-electron chi connectivity index (χ2n) is 4.38. The number of anilines is 1. The smallest absolute Gasteiger partial charge is 0.256 e. The third-order valence-corrected chi connectivity index (χ3v) is 3.91. The van der Waals surface area contributed by atoms with Crippen molar-refractivity contribution in [3.8, 4) is 11.9 Å². The Morgan fingerprint density at radius 1 is 1.45 bits per heavy atom. The third kappa shape index (κ3) is 3.59. The van der Waals surface area contributed by atoms with Crippen LogP contribution in [0.1, 0.15) is 28.4 Å². The lowest BCUT2D eigenvalue weighted by atomic mass is 10.1. The van der Waals surface area contributed by atoms with E-state index in [0.717, 1.165) is 11.5 Å². The average Bonchev–Trinajstić information content (AvgIpc) is 2.95. The molecule has 2 N–H and O–H groups in total. The van der Waals surface area contributed by atoms with Crippen molar-refractivity contribution < 1.29 is 9.53 Å². The number of aromatic nitrogens is 2. The highest BCUT2D eigenvalue weighted by Crippen LogP contribution is 2.22. The maximum Gasteiger partial charge on any atom is 0.256 e. The molecule has 0 saturated carbocycles. The molecule has 0 unspecified atom stereocenters. The molecule has 2 rings (SSSR count). The van der Waals surface area contributed by atoms with Crippen LogP contribution in [0.3, 0.4) is 0 Å². The summed E-state index contributed by atoms with van der Waals surface area (Å²) < 4.78 is 4.94. The molecule has 0 atom stereocenters. The molecule has 114 valence electrons. The maximum absolute atomic E-state index is 12.2. The molecule has 0 saturated heterocycles. The van der Waals surface area contributed by atoms with Crippen molar-refractivity contribution in [3.63, 3.8) is 0 Å². The number of ether oxygens (including phenoxy) is 1. The van der Waals surface area contributed by atoms with Crippen LogP contribution in [0.25, 0.3) is 0 Å². The first-order chi connectivity index (χ1) is 10.7. The minimum Gasteiger partial charge on any atom is -0.479 e. The zero-order chi connectivity index (χ0) is 15.9. The number of amides is 1. The zero-order valence-corrected chi connectivity index (χ0v) is 13.2. The van der Waals surface area contributed by atoms with Crippen molar-refractivity contribution in [1.82, 2.24) is 10.2 Å². The number of hydrogen-bond donors (Lipinski definition) is 2. The lowest BCUT2D eigenvalue weighted by Crippen LogP contribution is -2.13. The monoisotopic (exact) mass is 316 g/mol. The van der Waals surface area contributed by atoms with Crippen molar-refractivity contribution in [2.45, 2.75) is 12.7 Å². The Kier molecular flexibility index (Phi) is 5.44. The van der Waals surface area contributed by atoms with Gasteiger partial charge in [-0.3, -0.25) is 9.89 Å². The van der Waals surface area contributed by atoms with Crippen molar-refractivity contribution in [2.75, 3.05) is 18.2 Å². The summed E-state index contributed by atoms with van der Waals surface area (Å²) in [5.74, 6) is 2.06. The summed E-state index contributed by atoms with van der Waals surface area (Å²) in [5.41, 5.74) is 1.86. The lowest BCUT2D eigenvalue weighted by Gasteiger charge is -2.05. The summed E-state index contributed by atoms with van der Waals surface area (Å²) in [4.78, 5) is 12.2. The molecule has 1 amide bonds. The number of methoxy groups -OCH3 is 1. The number of carbonyl (C=O) groups excluding carboxylic acids is 1. The first-order valence-corrected chi connectivity index (χ1v) is 7.85. The van der Waals surface area contributed by atoms with Gasteiger partial charge in [0.05, 0.1) is 7.11 Å². The number of nitriles is 1. The van der Waals surface area contributed by atoms with E-state index in [0.29, 0.717) is 5.56 Å². The average molecular weight is 316 g/mol. The largest absolute Gasteiger partial charge is 0.479 e. The number of aromatic amines is 1. The second kappa shape index (κ2) is 7.52. The van der Waals surface area contributed by atoms with E-state index < -0.39 is 0 Å². The van der Waals surface area contributed by atoms with Crippen LogP contribution in [-0.2, 0) is 5.75 Å². The van der Waals surface area contributed by atoms with Crippen LogP contribution in [0, 0.1) is 11.3 Å². The van der Waals surface area contributed by atoms with Gasteiger partial charge in [0.15, 0.2) is 11.4 Å². The molecule has 0 aliphatic heterocycles.